The molecular formula is C20H18F6O2. The van der Waals surface area contributed by atoms with E-state index in [9.17, 15) is 26.3 Å². The monoisotopic (exact) mass is 404 g/mol. The van der Waals surface area contributed by atoms with E-state index >= 15 is 0 Å². The molecule has 2 nitrogen and oxygen atoms in total. The van der Waals surface area contributed by atoms with Gasteiger partial charge in [0, 0.05) is 0 Å². The number of hydrogen-bond donors (Lipinski definition) is 0. The van der Waals surface area contributed by atoms with Gasteiger partial charge in [-0.1, -0.05) is 18.2 Å². The third kappa shape index (κ3) is 5.68. The van der Waals surface area contributed by atoms with Gasteiger partial charge in [0.15, 0.2) is 11.5 Å². The van der Waals surface area contributed by atoms with Gasteiger partial charge < -0.3 is 9.47 Å². The predicted octanol–water partition coefficient (Wildman–Crippen LogP) is 6.39. The lowest BCUT2D eigenvalue weighted by molar-refractivity contribution is -0.143. The Bertz CT molecular complexity index is 805. The third-order valence-electron chi connectivity index (χ3n) is 3.97. The fraction of sp³-hybridized carbons (Fsp3) is 0.300. The molecule has 0 bridgehead atoms. The van der Waals surface area contributed by atoms with Gasteiger partial charge >= 0.3 is 12.4 Å². The summed E-state index contributed by atoms with van der Waals surface area (Å²) in [7, 11) is 3.00. The van der Waals surface area contributed by atoms with E-state index in [1.807, 2.05) is 0 Å². The Hall–Kier alpha value is -2.64. The summed E-state index contributed by atoms with van der Waals surface area (Å²) < 4.78 is 87.5. The topological polar surface area (TPSA) is 18.5 Å². The highest BCUT2D eigenvalue weighted by Gasteiger charge is 2.36. The Morgan fingerprint density at radius 1 is 0.786 bits per heavy atom. The lowest BCUT2D eigenvalue weighted by atomic mass is 10.0. The maximum atomic E-state index is 12.9. The average molecular weight is 404 g/mol. The smallest absolute Gasteiger partial charge is 0.416 e. The SMILES string of the molecule is COc1ccc(CC/C=C/c2cc(C(F)(F)F)cc(C(F)(F)F)c2)cc1OC. The zero-order valence-corrected chi connectivity index (χ0v) is 15.1. The number of alkyl halides is 6. The number of hydrogen-bond acceptors (Lipinski definition) is 2. The highest BCUT2D eigenvalue weighted by molar-refractivity contribution is 5.53. The van der Waals surface area contributed by atoms with E-state index in [0.29, 0.717) is 36.5 Å². The van der Waals surface area contributed by atoms with E-state index in [2.05, 4.69) is 0 Å². The first-order chi connectivity index (χ1) is 13.0. The first-order valence-corrected chi connectivity index (χ1v) is 8.21. The molecule has 0 saturated carbocycles. The molecule has 0 aliphatic heterocycles. The summed E-state index contributed by atoms with van der Waals surface area (Å²) in [6.07, 6.45) is -5.97. The summed E-state index contributed by atoms with van der Waals surface area (Å²) in [4.78, 5) is 0. The van der Waals surface area contributed by atoms with E-state index in [1.54, 1.807) is 18.2 Å². The molecule has 0 fully saturated rings. The average Bonchev–Trinajstić information content (AvgIpc) is 2.63. The lowest BCUT2D eigenvalue weighted by Gasteiger charge is -2.13. The zero-order chi connectivity index (χ0) is 20.9. The van der Waals surface area contributed by atoms with E-state index in [-0.39, 0.29) is 11.6 Å². The molecule has 8 heteroatoms. The first-order valence-electron chi connectivity index (χ1n) is 8.21. The van der Waals surface area contributed by atoms with Crippen molar-refractivity contribution in [2.24, 2.45) is 0 Å². The Balaban J connectivity index is 2.15. The quantitative estimate of drug-likeness (QED) is 0.520. The largest absolute Gasteiger partial charge is 0.493 e. The second kappa shape index (κ2) is 8.58. The van der Waals surface area contributed by atoms with Gasteiger partial charge in [-0.3, -0.25) is 0 Å². The molecular weight excluding hydrogens is 386 g/mol. The second-order valence-corrected chi connectivity index (χ2v) is 5.97. The van der Waals surface area contributed by atoms with Gasteiger partial charge in [-0.15, -0.1) is 0 Å². The second-order valence-electron chi connectivity index (χ2n) is 5.97. The number of halogens is 6. The van der Waals surface area contributed by atoms with Gasteiger partial charge in [0.1, 0.15) is 0 Å². The fourth-order valence-corrected chi connectivity index (χ4v) is 2.58. The van der Waals surface area contributed by atoms with Crippen molar-refractivity contribution >= 4 is 6.08 Å². The summed E-state index contributed by atoms with van der Waals surface area (Å²) in [6, 6.07) is 6.80. The van der Waals surface area contributed by atoms with Crippen LogP contribution in [0.2, 0.25) is 0 Å². The molecule has 28 heavy (non-hydrogen) atoms. The number of benzene rings is 2. The molecule has 0 spiro atoms. The molecule has 152 valence electrons. The maximum Gasteiger partial charge on any atom is 0.416 e. The van der Waals surface area contributed by atoms with Crippen molar-refractivity contribution in [3.63, 3.8) is 0 Å². The first kappa shape index (κ1) is 21.7. The van der Waals surface area contributed by atoms with Crippen LogP contribution >= 0.6 is 0 Å². The Labute approximate surface area is 158 Å². The van der Waals surface area contributed by atoms with Gasteiger partial charge in [-0.25, -0.2) is 0 Å². The number of ether oxygens (including phenoxy) is 2. The summed E-state index contributed by atoms with van der Waals surface area (Å²) in [5, 5.41) is 0. The normalized spacial score (nSPS) is 12.4. The van der Waals surface area contributed by atoms with Crippen molar-refractivity contribution in [2.45, 2.75) is 25.2 Å². The molecule has 2 aromatic carbocycles. The molecule has 0 saturated heterocycles. The van der Waals surface area contributed by atoms with Crippen molar-refractivity contribution < 1.29 is 35.8 Å². The van der Waals surface area contributed by atoms with Crippen LogP contribution in [0.3, 0.4) is 0 Å². The molecule has 0 unspecified atom stereocenters. The molecule has 0 aliphatic carbocycles. The molecule has 2 rings (SSSR count). The highest BCUT2D eigenvalue weighted by Crippen LogP contribution is 2.36. The van der Waals surface area contributed by atoms with Gasteiger partial charge in [0.05, 0.1) is 25.3 Å². The molecule has 0 amide bonds. The van der Waals surface area contributed by atoms with Gasteiger partial charge in [-0.05, 0) is 54.3 Å². The van der Waals surface area contributed by atoms with Crippen LogP contribution in [-0.2, 0) is 18.8 Å². The molecule has 0 aromatic heterocycles. The minimum absolute atomic E-state index is 0.112. The molecule has 0 N–H and O–H groups in total. The minimum atomic E-state index is -4.86. The van der Waals surface area contributed by atoms with Crippen LogP contribution < -0.4 is 9.47 Å². The van der Waals surface area contributed by atoms with E-state index in [4.69, 9.17) is 9.47 Å². The van der Waals surface area contributed by atoms with Crippen molar-refractivity contribution in [3.8, 4) is 11.5 Å². The van der Waals surface area contributed by atoms with Crippen LogP contribution in [0.25, 0.3) is 6.08 Å². The van der Waals surface area contributed by atoms with Crippen molar-refractivity contribution in [1.82, 2.24) is 0 Å². The van der Waals surface area contributed by atoms with Crippen LogP contribution in [0.5, 0.6) is 11.5 Å². The number of allylic oxidation sites excluding steroid dienone is 1. The van der Waals surface area contributed by atoms with Gasteiger partial charge in [0.25, 0.3) is 0 Å². The Morgan fingerprint density at radius 2 is 1.36 bits per heavy atom. The Kier molecular flexibility index (Phi) is 6.64. The molecule has 0 heterocycles. The number of methoxy groups -OCH3 is 2. The van der Waals surface area contributed by atoms with Crippen LogP contribution in [0.15, 0.2) is 42.5 Å². The van der Waals surface area contributed by atoms with Gasteiger partial charge in [-0.2, -0.15) is 26.3 Å². The molecule has 2 aromatic rings. The predicted molar refractivity (Wildman–Crippen MR) is 93.3 cm³/mol. The Morgan fingerprint density at radius 3 is 1.86 bits per heavy atom. The fourth-order valence-electron chi connectivity index (χ4n) is 2.58. The van der Waals surface area contributed by atoms with Crippen LogP contribution in [0.4, 0.5) is 26.3 Å². The number of rotatable bonds is 6. The molecule has 0 atom stereocenters. The summed E-state index contributed by atoms with van der Waals surface area (Å²) in [6.45, 7) is 0. The van der Waals surface area contributed by atoms with Crippen molar-refractivity contribution in [3.05, 3.63) is 64.7 Å². The van der Waals surface area contributed by atoms with E-state index < -0.39 is 23.5 Å². The van der Waals surface area contributed by atoms with Gasteiger partial charge in [0.2, 0.25) is 0 Å². The van der Waals surface area contributed by atoms with Crippen LogP contribution in [-0.4, -0.2) is 14.2 Å². The molecule has 0 radical (unpaired) electrons. The third-order valence-corrected chi connectivity index (χ3v) is 3.97. The van der Waals surface area contributed by atoms with E-state index in [0.717, 1.165) is 5.56 Å². The number of aryl methyl sites for hydroxylation is 1. The standard InChI is InChI=1S/C20H18F6O2/c1-27-17-8-7-13(11-18(17)28-2)5-3-4-6-14-9-15(19(21,22)23)12-16(10-14)20(24,25)26/h4,6-12H,3,5H2,1-2H3/b6-4+. The zero-order valence-electron chi connectivity index (χ0n) is 15.1. The summed E-state index contributed by atoms with van der Waals surface area (Å²) in [5.74, 6) is 1.10. The van der Waals surface area contributed by atoms with E-state index in [1.165, 1.54) is 26.4 Å². The van der Waals surface area contributed by atoms with Crippen LogP contribution in [0.1, 0.15) is 28.7 Å². The maximum absolute atomic E-state index is 12.9. The minimum Gasteiger partial charge on any atom is -0.493 e. The van der Waals surface area contributed by atoms with Crippen molar-refractivity contribution in [1.29, 1.82) is 0 Å². The lowest BCUT2D eigenvalue weighted by Crippen LogP contribution is -2.11. The highest BCUT2D eigenvalue weighted by atomic mass is 19.4. The van der Waals surface area contributed by atoms with Crippen LogP contribution in [0, 0.1) is 0 Å². The van der Waals surface area contributed by atoms with Crippen molar-refractivity contribution in [2.75, 3.05) is 14.2 Å². The molecule has 0 aliphatic rings. The summed E-state index contributed by atoms with van der Waals surface area (Å²) >= 11 is 0. The summed E-state index contributed by atoms with van der Waals surface area (Å²) in [5.41, 5.74) is -1.93.